The number of esters is 1. The van der Waals surface area contributed by atoms with Crippen molar-refractivity contribution in [3.63, 3.8) is 0 Å². The van der Waals surface area contributed by atoms with Crippen LogP contribution in [0.15, 0.2) is 24.3 Å². The van der Waals surface area contributed by atoms with E-state index in [2.05, 4.69) is 4.90 Å². The van der Waals surface area contributed by atoms with Crippen LogP contribution in [-0.2, 0) is 25.5 Å². The van der Waals surface area contributed by atoms with Gasteiger partial charge in [-0.2, -0.15) is 0 Å². The number of nitrogens with zero attached hydrogens (tertiary/aromatic N) is 2. The summed E-state index contributed by atoms with van der Waals surface area (Å²) < 4.78 is 11.1. The number of fused-ring (bicyclic) bond motifs is 1. The zero-order chi connectivity index (χ0) is 21.8. The summed E-state index contributed by atoms with van der Waals surface area (Å²) in [7, 11) is 0. The van der Waals surface area contributed by atoms with Crippen LogP contribution >= 0.6 is 0 Å². The molecule has 1 saturated carbocycles. The van der Waals surface area contributed by atoms with Gasteiger partial charge in [0, 0.05) is 32.2 Å². The van der Waals surface area contributed by atoms with E-state index in [0.717, 1.165) is 64.1 Å². The molecule has 3 atom stereocenters. The maximum absolute atomic E-state index is 13.2. The van der Waals surface area contributed by atoms with Gasteiger partial charge in [0.15, 0.2) is 0 Å². The Morgan fingerprint density at radius 1 is 1.13 bits per heavy atom. The molecule has 2 aliphatic heterocycles. The predicted octanol–water partition coefficient (Wildman–Crippen LogP) is 2.82. The number of ether oxygens (including phenoxy) is 2. The van der Waals surface area contributed by atoms with Crippen LogP contribution in [0.1, 0.15) is 43.7 Å². The van der Waals surface area contributed by atoms with Crippen LogP contribution in [0.2, 0.25) is 0 Å². The third kappa shape index (κ3) is 4.80. The Bertz CT molecular complexity index is 774. The van der Waals surface area contributed by atoms with Crippen molar-refractivity contribution < 1.29 is 19.1 Å². The number of carbonyl (C=O) groups is 2. The Kier molecular flexibility index (Phi) is 6.97. The van der Waals surface area contributed by atoms with Crippen LogP contribution < -0.4 is 0 Å². The number of rotatable bonds is 5. The van der Waals surface area contributed by atoms with Gasteiger partial charge >= 0.3 is 5.97 Å². The van der Waals surface area contributed by atoms with E-state index >= 15 is 0 Å². The Morgan fingerprint density at radius 2 is 1.87 bits per heavy atom. The molecule has 0 spiro atoms. The summed E-state index contributed by atoms with van der Waals surface area (Å²) in [5.41, 5.74) is 1.66. The van der Waals surface area contributed by atoms with Gasteiger partial charge in [0.1, 0.15) is 0 Å². The summed E-state index contributed by atoms with van der Waals surface area (Å²) in [4.78, 5) is 30.8. The molecule has 6 nitrogen and oxygen atoms in total. The van der Waals surface area contributed by atoms with Gasteiger partial charge in [0.2, 0.25) is 5.91 Å². The molecule has 1 aromatic carbocycles. The van der Waals surface area contributed by atoms with E-state index in [9.17, 15) is 9.59 Å². The molecule has 0 bridgehead atoms. The number of amides is 1. The van der Waals surface area contributed by atoms with Crippen molar-refractivity contribution in [1.29, 1.82) is 0 Å². The Balaban J connectivity index is 1.47. The van der Waals surface area contributed by atoms with E-state index in [4.69, 9.17) is 9.47 Å². The van der Waals surface area contributed by atoms with Gasteiger partial charge in [0.05, 0.1) is 31.7 Å². The van der Waals surface area contributed by atoms with Gasteiger partial charge in [-0.1, -0.05) is 29.8 Å². The molecule has 4 rings (SSSR count). The highest BCUT2D eigenvalue weighted by Gasteiger charge is 2.54. The summed E-state index contributed by atoms with van der Waals surface area (Å²) >= 11 is 0. The van der Waals surface area contributed by atoms with Crippen molar-refractivity contribution in [3.05, 3.63) is 35.4 Å². The summed E-state index contributed by atoms with van der Waals surface area (Å²) in [5, 5.41) is 0. The van der Waals surface area contributed by atoms with E-state index < -0.39 is 5.41 Å². The molecule has 2 heterocycles. The second-order valence-electron chi connectivity index (χ2n) is 9.42. The maximum atomic E-state index is 13.2. The molecule has 170 valence electrons. The normalized spacial score (nSPS) is 29.3. The van der Waals surface area contributed by atoms with Crippen LogP contribution in [0.4, 0.5) is 0 Å². The number of hydrogen-bond donors (Lipinski definition) is 0. The molecule has 1 unspecified atom stereocenters. The summed E-state index contributed by atoms with van der Waals surface area (Å²) in [6.45, 7) is 9.08. The second kappa shape index (κ2) is 9.70. The number of morpholine rings is 1. The minimum atomic E-state index is -0.556. The van der Waals surface area contributed by atoms with Crippen molar-refractivity contribution in [2.75, 3.05) is 46.0 Å². The fourth-order valence-electron chi connectivity index (χ4n) is 5.72. The van der Waals surface area contributed by atoms with Gasteiger partial charge < -0.3 is 14.4 Å². The number of likely N-dealkylation sites (tertiary alicyclic amines) is 1. The first-order valence-corrected chi connectivity index (χ1v) is 11.8. The first-order valence-electron chi connectivity index (χ1n) is 11.8. The molecule has 1 aliphatic carbocycles. The lowest BCUT2D eigenvalue weighted by Gasteiger charge is -2.52. The third-order valence-electron chi connectivity index (χ3n) is 7.55. The molecule has 2 saturated heterocycles. The Labute approximate surface area is 185 Å². The average molecular weight is 429 g/mol. The topological polar surface area (TPSA) is 59.1 Å². The fourth-order valence-corrected chi connectivity index (χ4v) is 5.72. The molecule has 1 amide bonds. The molecule has 1 aromatic rings. The first kappa shape index (κ1) is 22.3. The zero-order valence-electron chi connectivity index (χ0n) is 19.0. The van der Waals surface area contributed by atoms with Crippen molar-refractivity contribution >= 4 is 11.9 Å². The lowest BCUT2D eigenvalue weighted by atomic mass is 9.61. The molecule has 0 radical (unpaired) electrons. The molecule has 3 aliphatic rings. The number of piperidine rings is 1. The lowest BCUT2D eigenvalue weighted by molar-refractivity contribution is -0.171. The molecule has 6 heteroatoms. The minimum absolute atomic E-state index is 0.103. The number of carbonyl (C=O) groups excluding carboxylic acids is 2. The zero-order valence-corrected chi connectivity index (χ0v) is 19.0. The molecule has 3 fully saturated rings. The second-order valence-corrected chi connectivity index (χ2v) is 9.42. The van der Waals surface area contributed by atoms with E-state index in [1.54, 1.807) is 0 Å². The first-order chi connectivity index (χ1) is 15.0. The quantitative estimate of drug-likeness (QED) is 0.675. The Morgan fingerprint density at radius 3 is 2.58 bits per heavy atom. The van der Waals surface area contributed by atoms with Crippen LogP contribution in [0.3, 0.4) is 0 Å². The van der Waals surface area contributed by atoms with Crippen molar-refractivity contribution in [3.8, 4) is 0 Å². The molecule has 0 aromatic heterocycles. The summed E-state index contributed by atoms with van der Waals surface area (Å²) in [5.74, 6) is 0.283. The molecule has 0 N–H and O–H groups in total. The van der Waals surface area contributed by atoms with Crippen molar-refractivity contribution in [2.24, 2.45) is 11.3 Å². The molecular weight excluding hydrogens is 392 g/mol. The number of aryl methyl sites for hydroxylation is 1. The standard InChI is InChI=1S/C25H36N2O4/c1-3-31-24(29)25-10-8-22(26-12-14-30-15-13-26)17-21(25)9-11-27(18-25)23(28)16-20-6-4-19(2)5-7-20/h4-7,21-22H,3,8-18H2,1-2H3/t21-,22?,25-/m1/s1. The van der Waals surface area contributed by atoms with Crippen molar-refractivity contribution in [1.82, 2.24) is 9.80 Å². The summed E-state index contributed by atoms with van der Waals surface area (Å²) in [6.07, 6.45) is 4.06. The highest BCUT2D eigenvalue weighted by molar-refractivity contribution is 5.82. The largest absolute Gasteiger partial charge is 0.466 e. The smallest absolute Gasteiger partial charge is 0.314 e. The third-order valence-corrected chi connectivity index (χ3v) is 7.55. The summed E-state index contributed by atoms with van der Waals surface area (Å²) in [6, 6.07) is 8.64. The van der Waals surface area contributed by atoms with Gasteiger partial charge in [-0.25, -0.2) is 0 Å². The average Bonchev–Trinajstić information content (AvgIpc) is 2.80. The van der Waals surface area contributed by atoms with Crippen LogP contribution in [0.5, 0.6) is 0 Å². The number of hydrogen-bond acceptors (Lipinski definition) is 5. The predicted molar refractivity (Wildman–Crippen MR) is 119 cm³/mol. The fraction of sp³-hybridized carbons (Fsp3) is 0.680. The van der Waals surface area contributed by atoms with Crippen LogP contribution in [0, 0.1) is 18.3 Å². The van der Waals surface area contributed by atoms with Gasteiger partial charge in [-0.05, 0) is 51.0 Å². The van der Waals surface area contributed by atoms with E-state index in [0.29, 0.717) is 25.6 Å². The maximum Gasteiger partial charge on any atom is 0.314 e. The van der Waals surface area contributed by atoms with Gasteiger partial charge in [0.25, 0.3) is 0 Å². The highest BCUT2D eigenvalue weighted by atomic mass is 16.5. The lowest BCUT2D eigenvalue weighted by Crippen LogP contribution is -2.59. The van der Waals surface area contributed by atoms with E-state index in [1.807, 2.05) is 43.0 Å². The molecule has 31 heavy (non-hydrogen) atoms. The van der Waals surface area contributed by atoms with Gasteiger partial charge in [-0.15, -0.1) is 0 Å². The number of benzene rings is 1. The van der Waals surface area contributed by atoms with Gasteiger partial charge in [-0.3, -0.25) is 14.5 Å². The van der Waals surface area contributed by atoms with Crippen molar-refractivity contribution in [2.45, 2.75) is 52.0 Å². The minimum Gasteiger partial charge on any atom is -0.466 e. The van der Waals surface area contributed by atoms with E-state index in [1.165, 1.54) is 5.56 Å². The Hall–Kier alpha value is -1.92. The highest BCUT2D eigenvalue weighted by Crippen LogP contribution is 2.48. The van der Waals surface area contributed by atoms with Crippen LogP contribution in [-0.4, -0.2) is 73.7 Å². The van der Waals surface area contributed by atoms with E-state index in [-0.39, 0.29) is 17.8 Å². The van der Waals surface area contributed by atoms with Crippen LogP contribution in [0.25, 0.3) is 0 Å². The molecular formula is C25H36N2O4. The monoisotopic (exact) mass is 428 g/mol. The SMILES string of the molecule is CCOC(=O)[C@@]12CCC(N3CCOCC3)C[C@H]1CCN(C(=O)Cc1ccc(C)cc1)C2.